The lowest BCUT2D eigenvalue weighted by atomic mass is 9.98. The third kappa shape index (κ3) is 3.84. The number of halogens is 1. The minimum atomic E-state index is 0.186. The Hall–Kier alpha value is -4.08. The minimum Gasteiger partial charge on any atom is -0.208 e. The van der Waals surface area contributed by atoms with Gasteiger partial charge in [-0.1, -0.05) is 91.0 Å². The van der Waals surface area contributed by atoms with Crippen molar-refractivity contribution in [3.63, 3.8) is 0 Å². The van der Waals surface area contributed by atoms with Crippen LogP contribution in [0.25, 0.3) is 55.4 Å². The predicted molar refractivity (Wildman–Crippen MR) is 136 cm³/mol. The van der Waals surface area contributed by atoms with E-state index in [9.17, 15) is 0 Å². The summed E-state index contributed by atoms with van der Waals surface area (Å²) in [5.41, 5.74) is 4.21. The maximum Gasteiger partial charge on any atom is 0.226 e. The van der Waals surface area contributed by atoms with Gasteiger partial charge in [-0.15, -0.1) is 0 Å². The molecule has 0 amide bonds. The molecule has 1 aromatic heterocycles. The summed E-state index contributed by atoms with van der Waals surface area (Å²) >= 11 is 6.24. The standard InChI is InChI=1S/C29H18ClN3/c30-29-32-27(20-7-2-1-3-8-20)31-28(33-29)26-15-14-24-17-23(12-13-25(24)18-26)22-11-10-19-6-4-5-9-21(19)16-22/h1-18H. The molecule has 0 radical (unpaired) electrons. The quantitative estimate of drug-likeness (QED) is 0.279. The predicted octanol–water partition coefficient (Wildman–Crippen LogP) is 7.83. The highest BCUT2D eigenvalue weighted by Crippen LogP contribution is 2.30. The zero-order chi connectivity index (χ0) is 22.2. The van der Waals surface area contributed by atoms with Crippen molar-refractivity contribution in [1.82, 2.24) is 15.0 Å². The van der Waals surface area contributed by atoms with Crippen molar-refractivity contribution in [3.8, 4) is 33.9 Å². The highest BCUT2D eigenvalue weighted by Gasteiger charge is 2.10. The fraction of sp³-hybridized carbons (Fsp3) is 0. The van der Waals surface area contributed by atoms with Crippen molar-refractivity contribution >= 4 is 33.1 Å². The zero-order valence-electron chi connectivity index (χ0n) is 17.6. The van der Waals surface area contributed by atoms with E-state index in [1.165, 1.54) is 21.9 Å². The van der Waals surface area contributed by atoms with Gasteiger partial charge in [-0.3, -0.25) is 0 Å². The highest BCUT2D eigenvalue weighted by molar-refractivity contribution is 6.28. The van der Waals surface area contributed by atoms with Crippen LogP contribution in [0.15, 0.2) is 109 Å². The van der Waals surface area contributed by atoms with E-state index in [2.05, 4.69) is 87.7 Å². The number of hydrogen-bond acceptors (Lipinski definition) is 3. The molecule has 33 heavy (non-hydrogen) atoms. The van der Waals surface area contributed by atoms with Crippen LogP contribution in [0.4, 0.5) is 0 Å². The summed E-state index contributed by atoms with van der Waals surface area (Å²) in [6.07, 6.45) is 0. The molecule has 156 valence electrons. The summed E-state index contributed by atoms with van der Waals surface area (Å²) in [6.45, 7) is 0. The number of rotatable bonds is 3. The van der Waals surface area contributed by atoms with Crippen molar-refractivity contribution in [2.75, 3.05) is 0 Å². The molecular weight excluding hydrogens is 426 g/mol. The smallest absolute Gasteiger partial charge is 0.208 e. The molecule has 0 saturated carbocycles. The van der Waals surface area contributed by atoms with Crippen LogP contribution in [0.1, 0.15) is 0 Å². The van der Waals surface area contributed by atoms with Crippen molar-refractivity contribution in [3.05, 3.63) is 114 Å². The highest BCUT2D eigenvalue weighted by atomic mass is 35.5. The summed E-state index contributed by atoms with van der Waals surface area (Å²) < 4.78 is 0. The number of hydrogen-bond donors (Lipinski definition) is 0. The third-order valence-corrected chi connectivity index (χ3v) is 5.99. The third-order valence-electron chi connectivity index (χ3n) is 5.82. The van der Waals surface area contributed by atoms with Gasteiger partial charge in [0.1, 0.15) is 0 Å². The minimum absolute atomic E-state index is 0.186. The van der Waals surface area contributed by atoms with Gasteiger partial charge in [-0.05, 0) is 62.5 Å². The Kier molecular flexibility index (Phi) is 4.82. The van der Waals surface area contributed by atoms with Crippen LogP contribution in [0.3, 0.4) is 0 Å². The largest absolute Gasteiger partial charge is 0.226 e. The number of nitrogens with zero attached hydrogens (tertiary/aromatic N) is 3. The van der Waals surface area contributed by atoms with Crippen LogP contribution in [-0.4, -0.2) is 15.0 Å². The first-order chi connectivity index (χ1) is 16.2. The van der Waals surface area contributed by atoms with Gasteiger partial charge < -0.3 is 0 Å². The molecule has 3 nitrogen and oxygen atoms in total. The Morgan fingerprint density at radius 3 is 1.58 bits per heavy atom. The molecule has 0 fully saturated rings. The summed E-state index contributed by atoms with van der Waals surface area (Å²) in [5, 5.41) is 4.96. The van der Waals surface area contributed by atoms with Crippen molar-refractivity contribution < 1.29 is 0 Å². The summed E-state index contributed by atoms with van der Waals surface area (Å²) in [7, 11) is 0. The molecule has 6 aromatic rings. The molecule has 5 aromatic carbocycles. The maximum absolute atomic E-state index is 6.24. The molecule has 0 aliphatic rings. The summed E-state index contributed by atoms with van der Waals surface area (Å²) in [6, 6.07) is 37.6. The second kappa shape index (κ2) is 8.12. The normalized spacial score (nSPS) is 11.2. The lowest BCUT2D eigenvalue weighted by Crippen LogP contribution is -1.97. The Labute approximate surface area is 196 Å². The molecule has 6 rings (SSSR count). The van der Waals surface area contributed by atoms with E-state index in [4.69, 9.17) is 11.6 Å². The molecule has 0 N–H and O–H groups in total. The van der Waals surface area contributed by atoms with Crippen LogP contribution in [0.2, 0.25) is 5.28 Å². The van der Waals surface area contributed by atoms with E-state index in [0.29, 0.717) is 11.6 Å². The van der Waals surface area contributed by atoms with Crippen LogP contribution in [-0.2, 0) is 0 Å². The van der Waals surface area contributed by atoms with Gasteiger partial charge in [0.05, 0.1) is 0 Å². The molecule has 0 bridgehead atoms. The molecule has 4 heteroatoms. The second-order valence-electron chi connectivity index (χ2n) is 7.96. The Morgan fingerprint density at radius 2 is 0.879 bits per heavy atom. The van der Waals surface area contributed by atoms with Crippen LogP contribution in [0, 0.1) is 0 Å². The Bertz CT molecular complexity index is 1630. The molecular formula is C29H18ClN3. The fourth-order valence-electron chi connectivity index (χ4n) is 4.13. The van der Waals surface area contributed by atoms with Crippen molar-refractivity contribution in [1.29, 1.82) is 0 Å². The van der Waals surface area contributed by atoms with Gasteiger partial charge in [0.2, 0.25) is 5.28 Å². The van der Waals surface area contributed by atoms with Gasteiger partial charge in [0.25, 0.3) is 0 Å². The van der Waals surface area contributed by atoms with E-state index >= 15 is 0 Å². The Morgan fingerprint density at radius 1 is 0.394 bits per heavy atom. The van der Waals surface area contributed by atoms with E-state index in [0.717, 1.165) is 21.9 Å². The van der Waals surface area contributed by atoms with E-state index in [1.54, 1.807) is 0 Å². The van der Waals surface area contributed by atoms with Crippen LogP contribution in [0.5, 0.6) is 0 Å². The van der Waals surface area contributed by atoms with Gasteiger partial charge in [-0.2, -0.15) is 9.97 Å². The number of fused-ring (bicyclic) bond motifs is 2. The average molecular weight is 444 g/mol. The first-order valence-electron chi connectivity index (χ1n) is 10.7. The lowest BCUT2D eigenvalue weighted by Gasteiger charge is -2.08. The lowest BCUT2D eigenvalue weighted by molar-refractivity contribution is 1.07. The van der Waals surface area contributed by atoms with E-state index in [1.807, 2.05) is 36.4 Å². The first-order valence-corrected chi connectivity index (χ1v) is 11.1. The Balaban J connectivity index is 1.39. The van der Waals surface area contributed by atoms with Gasteiger partial charge in [-0.25, -0.2) is 4.98 Å². The van der Waals surface area contributed by atoms with Crippen LogP contribution < -0.4 is 0 Å². The molecule has 0 aliphatic heterocycles. The van der Waals surface area contributed by atoms with Gasteiger partial charge in [0.15, 0.2) is 11.6 Å². The topological polar surface area (TPSA) is 38.7 Å². The molecule has 0 saturated heterocycles. The monoisotopic (exact) mass is 443 g/mol. The molecule has 0 aliphatic carbocycles. The summed E-state index contributed by atoms with van der Waals surface area (Å²) in [4.78, 5) is 13.3. The number of aromatic nitrogens is 3. The fourth-order valence-corrected chi connectivity index (χ4v) is 4.29. The van der Waals surface area contributed by atoms with E-state index in [-0.39, 0.29) is 5.28 Å². The van der Waals surface area contributed by atoms with Crippen LogP contribution >= 0.6 is 11.6 Å². The number of benzene rings is 5. The SMILES string of the molecule is Clc1nc(-c2ccccc2)nc(-c2ccc3cc(-c4ccc5ccccc5c4)ccc3c2)n1. The summed E-state index contributed by atoms with van der Waals surface area (Å²) in [5.74, 6) is 1.13. The van der Waals surface area contributed by atoms with Gasteiger partial charge >= 0.3 is 0 Å². The van der Waals surface area contributed by atoms with Crippen molar-refractivity contribution in [2.45, 2.75) is 0 Å². The maximum atomic E-state index is 6.24. The van der Waals surface area contributed by atoms with Crippen molar-refractivity contribution in [2.24, 2.45) is 0 Å². The zero-order valence-corrected chi connectivity index (χ0v) is 18.4. The molecule has 0 unspecified atom stereocenters. The molecule has 0 spiro atoms. The molecule has 0 atom stereocenters. The second-order valence-corrected chi connectivity index (χ2v) is 8.29. The van der Waals surface area contributed by atoms with Gasteiger partial charge in [0, 0.05) is 11.1 Å². The van der Waals surface area contributed by atoms with E-state index < -0.39 is 0 Å². The average Bonchev–Trinajstić information content (AvgIpc) is 2.88. The molecule has 1 heterocycles. The first kappa shape index (κ1) is 19.6.